The van der Waals surface area contributed by atoms with E-state index in [2.05, 4.69) is 0 Å². The van der Waals surface area contributed by atoms with Crippen LogP contribution in [0.1, 0.15) is 25.0 Å². The summed E-state index contributed by atoms with van der Waals surface area (Å²) in [5.74, 6) is 3.00. The van der Waals surface area contributed by atoms with Crippen molar-refractivity contribution in [2.45, 2.75) is 19.3 Å². The van der Waals surface area contributed by atoms with Crippen LogP contribution in [0.25, 0.3) is 34.2 Å². The third kappa shape index (κ3) is 4.43. The second-order valence-electron chi connectivity index (χ2n) is 11.7. The zero-order chi connectivity index (χ0) is 29.2. The van der Waals surface area contributed by atoms with Gasteiger partial charge in [-0.2, -0.15) is 9.97 Å². The van der Waals surface area contributed by atoms with Gasteiger partial charge in [0.05, 0.1) is 37.6 Å². The Morgan fingerprint density at radius 3 is 1.37 bits per heavy atom. The number of hydrogen-bond donors (Lipinski definition) is 2. The van der Waals surface area contributed by atoms with Crippen molar-refractivity contribution >= 4 is 11.6 Å². The van der Waals surface area contributed by atoms with Crippen molar-refractivity contribution in [3.8, 4) is 45.6 Å². The average Bonchev–Trinajstić information content (AvgIpc) is 3.64. The van der Waals surface area contributed by atoms with Gasteiger partial charge in [-0.1, -0.05) is 74.5 Å². The molecule has 1 aliphatic rings. The number of nitrogens with zero attached hydrogens (tertiary/aromatic N) is 5. The minimum Gasteiger partial charge on any atom is -0.507 e. The molecule has 2 N–H and O–H groups in total. The van der Waals surface area contributed by atoms with Gasteiger partial charge in [-0.15, -0.1) is 0 Å². The standard InChI is InChI=1S/C35H31N5O2.Pt/c1-35(2)27-19-11-17-25(31(27)41)33-36-29(21-38(33)23-13-7-5-8-14-23)40(3,4)30-22-39(24-15-9-6-10-16-24)34(37-30)26-18-12-20-28(35)32(26)42;/h5-22H,1-4H3,(H-,36,37,41,42);/p+1. The number of quaternary nitrogens is 1. The molecule has 8 heteroatoms. The number of phenolic OH excluding ortho intramolecular Hbond substituents is 2. The number of imidazole rings is 2. The maximum Gasteiger partial charge on any atom is 0.252 e. The fourth-order valence-corrected chi connectivity index (χ4v) is 5.94. The predicted molar refractivity (Wildman–Crippen MR) is 167 cm³/mol. The summed E-state index contributed by atoms with van der Waals surface area (Å²) in [5.41, 5.74) is 3.71. The number of para-hydroxylation sites is 4. The number of fused-ring (bicyclic) bond motifs is 10. The van der Waals surface area contributed by atoms with Crippen LogP contribution in [-0.2, 0) is 26.5 Å². The molecule has 0 aliphatic carbocycles. The first kappa shape index (κ1) is 28.7. The van der Waals surface area contributed by atoms with Crippen LogP contribution in [0.2, 0.25) is 0 Å². The van der Waals surface area contributed by atoms with Crippen molar-refractivity contribution in [3.05, 3.63) is 121 Å². The Labute approximate surface area is 265 Å². The molecular weight excluding hydrogens is 717 g/mol. The SMILES string of the molecule is CC1(C)c2cccc(c2O)-c2nc(cn2-c2ccccc2)[N+](C)(C)c2cn(-c3ccccc3)c(n2)-c2cccc1c2O.[Pt]. The van der Waals surface area contributed by atoms with Crippen LogP contribution in [0.15, 0.2) is 109 Å². The predicted octanol–water partition coefficient (Wildman–Crippen LogP) is 7.34. The largest absolute Gasteiger partial charge is 0.507 e. The second kappa shape index (κ2) is 10.4. The molecular formula is C35H32N5O2Pt+. The first-order valence-electron chi connectivity index (χ1n) is 14.0. The summed E-state index contributed by atoms with van der Waals surface area (Å²) >= 11 is 0. The van der Waals surface area contributed by atoms with Crippen LogP contribution in [0.3, 0.4) is 0 Å². The van der Waals surface area contributed by atoms with Gasteiger partial charge < -0.3 is 10.2 Å². The molecule has 7 nitrogen and oxygen atoms in total. The van der Waals surface area contributed by atoms with Gasteiger partial charge in [0.2, 0.25) is 0 Å². The summed E-state index contributed by atoms with van der Waals surface area (Å²) in [6.45, 7) is 4.03. The van der Waals surface area contributed by atoms with E-state index in [1.165, 1.54) is 0 Å². The minimum absolute atomic E-state index is 0. The smallest absolute Gasteiger partial charge is 0.252 e. The quantitative estimate of drug-likeness (QED) is 0.182. The minimum atomic E-state index is -0.750. The third-order valence-corrected chi connectivity index (χ3v) is 8.50. The number of benzene rings is 4. The van der Waals surface area contributed by atoms with Gasteiger partial charge >= 0.3 is 0 Å². The molecule has 0 atom stereocenters. The van der Waals surface area contributed by atoms with Crippen LogP contribution in [-0.4, -0.2) is 43.4 Å². The molecule has 4 aromatic carbocycles. The molecule has 3 heterocycles. The van der Waals surface area contributed by atoms with Crippen LogP contribution in [0.5, 0.6) is 11.5 Å². The number of rotatable bonds is 2. The third-order valence-electron chi connectivity index (χ3n) is 8.50. The number of hydrogen-bond acceptors (Lipinski definition) is 4. The van der Waals surface area contributed by atoms with E-state index in [9.17, 15) is 10.2 Å². The number of phenols is 2. The second-order valence-corrected chi connectivity index (χ2v) is 11.7. The maximum atomic E-state index is 11.9. The van der Waals surface area contributed by atoms with Gasteiger partial charge in [-0.3, -0.25) is 9.13 Å². The fourth-order valence-electron chi connectivity index (χ4n) is 5.94. The van der Waals surface area contributed by atoms with Gasteiger partial charge in [0.25, 0.3) is 11.6 Å². The van der Waals surface area contributed by atoms with E-state index in [-0.39, 0.29) is 37.0 Å². The van der Waals surface area contributed by atoms with E-state index in [0.29, 0.717) is 33.9 Å². The Morgan fingerprint density at radius 1 is 0.581 bits per heavy atom. The maximum absolute atomic E-state index is 11.9. The molecule has 218 valence electrons. The molecule has 0 saturated heterocycles. The van der Waals surface area contributed by atoms with Crippen molar-refractivity contribution in [1.29, 1.82) is 0 Å². The Morgan fingerprint density at radius 2 is 0.977 bits per heavy atom. The number of aromatic hydroxyl groups is 2. The Bertz CT molecular complexity index is 1820. The summed E-state index contributed by atoms with van der Waals surface area (Å²) in [4.78, 5) is 10.3. The molecule has 8 bridgehead atoms. The zero-order valence-corrected chi connectivity index (χ0v) is 26.6. The van der Waals surface area contributed by atoms with E-state index in [0.717, 1.165) is 23.0 Å². The average molecular weight is 750 g/mol. The summed E-state index contributed by atoms with van der Waals surface area (Å²) in [6, 6.07) is 31.5. The fraction of sp³-hybridized carbons (Fsp3) is 0.143. The molecule has 0 saturated carbocycles. The molecule has 6 aromatic rings. The van der Waals surface area contributed by atoms with Crippen LogP contribution in [0, 0.1) is 0 Å². The molecule has 1 aliphatic heterocycles. The first-order chi connectivity index (χ1) is 20.2. The molecule has 0 unspecified atom stereocenters. The van der Waals surface area contributed by atoms with Gasteiger partial charge in [-0.25, -0.2) is 4.48 Å². The summed E-state index contributed by atoms with van der Waals surface area (Å²) in [6.07, 6.45) is 4.03. The van der Waals surface area contributed by atoms with Crippen molar-refractivity contribution in [3.63, 3.8) is 0 Å². The summed E-state index contributed by atoms with van der Waals surface area (Å²) in [5, 5.41) is 23.8. The van der Waals surface area contributed by atoms with E-state index in [1.807, 2.05) is 147 Å². The van der Waals surface area contributed by atoms with E-state index in [1.54, 1.807) is 0 Å². The molecule has 0 radical (unpaired) electrons. The van der Waals surface area contributed by atoms with Crippen molar-refractivity contribution < 1.29 is 31.3 Å². The van der Waals surface area contributed by atoms with Crippen LogP contribution >= 0.6 is 0 Å². The molecule has 0 spiro atoms. The first-order valence-corrected chi connectivity index (χ1v) is 14.0. The van der Waals surface area contributed by atoms with Crippen LogP contribution in [0.4, 0.5) is 11.6 Å². The van der Waals surface area contributed by atoms with Crippen LogP contribution < -0.4 is 4.48 Å². The van der Waals surface area contributed by atoms with Gasteiger partial charge in [0.15, 0.2) is 11.6 Å². The molecule has 43 heavy (non-hydrogen) atoms. The van der Waals surface area contributed by atoms with Crippen molar-refractivity contribution in [1.82, 2.24) is 23.6 Å². The van der Waals surface area contributed by atoms with E-state index < -0.39 is 5.41 Å². The van der Waals surface area contributed by atoms with Gasteiger partial charge in [0.1, 0.15) is 11.5 Å². The molecule has 0 amide bonds. The van der Waals surface area contributed by atoms with E-state index in [4.69, 9.17) is 9.97 Å². The van der Waals surface area contributed by atoms with Gasteiger partial charge in [0, 0.05) is 49.0 Å². The molecule has 2 aromatic heterocycles. The Balaban J connectivity index is 0.00000329. The van der Waals surface area contributed by atoms with Crippen molar-refractivity contribution in [2.24, 2.45) is 0 Å². The monoisotopic (exact) mass is 749 g/mol. The summed E-state index contributed by atoms with van der Waals surface area (Å²) in [7, 11) is 4.09. The van der Waals surface area contributed by atoms with Gasteiger partial charge in [-0.05, 0) is 36.4 Å². The zero-order valence-electron chi connectivity index (χ0n) is 24.3. The number of aromatic nitrogens is 4. The van der Waals surface area contributed by atoms with Crippen molar-refractivity contribution in [2.75, 3.05) is 14.1 Å². The molecule has 7 rings (SSSR count). The topological polar surface area (TPSA) is 76.1 Å². The Kier molecular flexibility index (Phi) is 6.91. The summed E-state index contributed by atoms with van der Waals surface area (Å²) < 4.78 is 4.27. The van der Waals surface area contributed by atoms with E-state index >= 15 is 0 Å². The molecule has 0 fully saturated rings. The Hall–Kier alpha value is -4.45. The normalized spacial score (nSPS) is 14.4.